The maximum atomic E-state index is 13.0. The van der Waals surface area contributed by atoms with E-state index in [1.165, 1.54) is 0 Å². The number of carbonyl (C=O) groups is 1. The molecule has 6 nitrogen and oxygen atoms in total. The Morgan fingerprint density at radius 2 is 1.77 bits per heavy atom. The molecule has 3 aromatic carbocycles. The lowest BCUT2D eigenvalue weighted by Crippen LogP contribution is -2.24. The fourth-order valence-electron chi connectivity index (χ4n) is 3.91. The lowest BCUT2D eigenvalue weighted by atomic mass is 10.1. The lowest BCUT2D eigenvalue weighted by molar-refractivity contribution is 0.0951. The van der Waals surface area contributed by atoms with Crippen molar-refractivity contribution in [2.24, 2.45) is 0 Å². The first-order valence-corrected chi connectivity index (χ1v) is 11.4. The molecule has 0 saturated carbocycles. The average molecular weight is 460 g/mol. The number of nitrogens with one attached hydrogen (secondary N) is 3. The first-order chi connectivity index (χ1) is 17.2. The minimum atomic E-state index is -0.124. The van der Waals surface area contributed by atoms with Crippen molar-refractivity contribution >= 4 is 40.3 Å². The molecule has 172 valence electrons. The van der Waals surface area contributed by atoms with Crippen molar-refractivity contribution in [3.63, 3.8) is 0 Å². The summed E-state index contributed by atoms with van der Waals surface area (Å²) in [6.07, 6.45) is 5.65. The highest BCUT2D eigenvalue weighted by molar-refractivity contribution is 6.00. The van der Waals surface area contributed by atoms with Crippen LogP contribution in [0.2, 0.25) is 0 Å². The zero-order valence-electron chi connectivity index (χ0n) is 19.3. The number of nitrogens with zero attached hydrogens (tertiary/aromatic N) is 2. The standard InChI is InChI=1S/C29H25N5O/c1-20-8-2-3-9-21(20)19-31-29(35)25-11-4-5-12-26(25)32-23-13-15-24-27(33-34-28(24)18-23)16-14-22-10-6-7-17-30-22/h2-18,32H,19H2,1H3,(H,31,35)(H,33,34)/b16-14+. The van der Waals surface area contributed by atoms with Gasteiger partial charge >= 0.3 is 0 Å². The quantitative estimate of drug-likeness (QED) is 0.274. The molecule has 2 heterocycles. The number of anilines is 2. The second-order valence-electron chi connectivity index (χ2n) is 8.24. The molecule has 6 heteroatoms. The van der Waals surface area contributed by atoms with Crippen LogP contribution in [0.1, 0.15) is 32.9 Å². The van der Waals surface area contributed by atoms with Crippen LogP contribution in [-0.2, 0) is 6.54 Å². The molecule has 0 fully saturated rings. The summed E-state index contributed by atoms with van der Waals surface area (Å²) >= 11 is 0. The number of aromatic nitrogens is 3. The minimum Gasteiger partial charge on any atom is -0.355 e. The topological polar surface area (TPSA) is 82.7 Å². The molecule has 0 atom stereocenters. The predicted octanol–water partition coefficient (Wildman–Crippen LogP) is 6.11. The van der Waals surface area contributed by atoms with Crippen LogP contribution in [-0.4, -0.2) is 21.1 Å². The van der Waals surface area contributed by atoms with E-state index in [1.807, 2.05) is 104 Å². The number of aryl methyl sites for hydroxylation is 1. The van der Waals surface area contributed by atoms with Gasteiger partial charge in [0, 0.05) is 23.8 Å². The summed E-state index contributed by atoms with van der Waals surface area (Å²) in [5, 5.41) is 15.0. The van der Waals surface area contributed by atoms with Crippen LogP contribution in [0.15, 0.2) is 91.1 Å². The van der Waals surface area contributed by atoms with Gasteiger partial charge in [0.2, 0.25) is 0 Å². The van der Waals surface area contributed by atoms with Gasteiger partial charge in [-0.05, 0) is 72.7 Å². The summed E-state index contributed by atoms with van der Waals surface area (Å²) in [6, 6.07) is 27.3. The number of rotatable bonds is 7. The molecule has 5 aromatic rings. The van der Waals surface area contributed by atoms with E-state index in [2.05, 4.69) is 25.8 Å². The van der Waals surface area contributed by atoms with E-state index in [-0.39, 0.29) is 5.91 Å². The molecular weight excluding hydrogens is 434 g/mol. The van der Waals surface area contributed by atoms with Crippen LogP contribution in [0.25, 0.3) is 23.1 Å². The third-order valence-corrected chi connectivity index (χ3v) is 5.84. The third-order valence-electron chi connectivity index (χ3n) is 5.84. The monoisotopic (exact) mass is 459 g/mol. The second kappa shape index (κ2) is 10.1. The van der Waals surface area contributed by atoms with Gasteiger partial charge in [0.05, 0.1) is 28.2 Å². The summed E-state index contributed by atoms with van der Waals surface area (Å²) in [6.45, 7) is 2.52. The largest absolute Gasteiger partial charge is 0.355 e. The Labute approximate surface area is 203 Å². The molecule has 0 bridgehead atoms. The van der Waals surface area contributed by atoms with Crippen molar-refractivity contribution in [3.8, 4) is 0 Å². The molecule has 0 unspecified atom stereocenters. The highest BCUT2D eigenvalue weighted by Gasteiger charge is 2.12. The summed E-state index contributed by atoms with van der Waals surface area (Å²) < 4.78 is 0. The number of hydrogen-bond acceptors (Lipinski definition) is 4. The summed E-state index contributed by atoms with van der Waals surface area (Å²) in [7, 11) is 0. The van der Waals surface area contributed by atoms with Crippen molar-refractivity contribution in [3.05, 3.63) is 119 Å². The minimum absolute atomic E-state index is 0.124. The van der Waals surface area contributed by atoms with Crippen molar-refractivity contribution in [1.29, 1.82) is 0 Å². The van der Waals surface area contributed by atoms with E-state index in [4.69, 9.17) is 0 Å². The highest BCUT2D eigenvalue weighted by Crippen LogP contribution is 2.26. The molecule has 35 heavy (non-hydrogen) atoms. The number of para-hydroxylation sites is 1. The zero-order valence-corrected chi connectivity index (χ0v) is 19.3. The Bertz CT molecular complexity index is 1500. The number of H-pyrrole nitrogens is 1. The molecule has 0 aliphatic rings. The van der Waals surface area contributed by atoms with Gasteiger partial charge in [0.1, 0.15) is 0 Å². The maximum absolute atomic E-state index is 13.0. The fourth-order valence-corrected chi connectivity index (χ4v) is 3.91. The second-order valence-corrected chi connectivity index (χ2v) is 8.24. The molecule has 1 amide bonds. The van der Waals surface area contributed by atoms with Crippen molar-refractivity contribution in [2.45, 2.75) is 13.5 Å². The average Bonchev–Trinajstić information content (AvgIpc) is 3.30. The normalized spacial score (nSPS) is 11.1. The van der Waals surface area contributed by atoms with E-state index in [0.29, 0.717) is 12.1 Å². The van der Waals surface area contributed by atoms with Gasteiger partial charge in [0.15, 0.2) is 0 Å². The van der Waals surface area contributed by atoms with Crippen LogP contribution in [0.5, 0.6) is 0 Å². The van der Waals surface area contributed by atoms with Crippen LogP contribution >= 0.6 is 0 Å². The van der Waals surface area contributed by atoms with Crippen molar-refractivity contribution < 1.29 is 4.79 Å². The van der Waals surface area contributed by atoms with Gasteiger partial charge in [-0.1, -0.05) is 42.5 Å². The molecule has 0 spiro atoms. The molecule has 0 radical (unpaired) electrons. The Hall–Kier alpha value is -4.71. The van der Waals surface area contributed by atoms with E-state index in [1.54, 1.807) is 6.20 Å². The van der Waals surface area contributed by atoms with Gasteiger partial charge < -0.3 is 10.6 Å². The van der Waals surface area contributed by atoms with E-state index < -0.39 is 0 Å². The third kappa shape index (κ3) is 5.12. The first-order valence-electron chi connectivity index (χ1n) is 11.4. The summed E-state index contributed by atoms with van der Waals surface area (Å²) in [5.74, 6) is -0.124. The van der Waals surface area contributed by atoms with Gasteiger partial charge in [-0.2, -0.15) is 5.10 Å². The van der Waals surface area contributed by atoms with Crippen LogP contribution in [0, 0.1) is 6.92 Å². The van der Waals surface area contributed by atoms with E-state index >= 15 is 0 Å². The number of hydrogen-bond donors (Lipinski definition) is 3. The van der Waals surface area contributed by atoms with Gasteiger partial charge in [-0.3, -0.25) is 14.9 Å². The number of pyridine rings is 1. The van der Waals surface area contributed by atoms with Gasteiger partial charge in [-0.25, -0.2) is 0 Å². The molecular formula is C29H25N5O. The highest BCUT2D eigenvalue weighted by atomic mass is 16.1. The number of carbonyl (C=O) groups excluding carboxylic acids is 1. The molecule has 0 saturated heterocycles. The number of benzene rings is 3. The van der Waals surface area contributed by atoms with E-state index in [9.17, 15) is 4.79 Å². The van der Waals surface area contributed by atoms with Crippen molar-refractivity contribution in [1.82, 2.24) is 20.5 Å². The smallest absolute Gasteiger partial charge is 0.253 e. The van der Waals surface area contributed by atoms with Crippen LogP contribution in [0.3, 0.4) is 0 Å². The van der Waals surface area contributed by atoms with Crippen molar-refractivity contribution in [2.75, 3.05) is 5.32 Å². The van der Waals surface area contributed by atoms with E-state index in [0.717, 1.165) is 44.8 Å². The number of aromatic amines is 1. The Morgan fingerprint density at radius 1 is 0.943 bits per heavy atom. The number of amides is 1. The number of fused-ring (bicyclic) bond motifs is 1. The Balaban J connectivity index is 1.32. The molecule has 2 aromatic heterocycles. The Morgan fingerprint density at radius 3 is 2.63 bits per heavy atom. The molecule has 5 rings (SSSR count). The maximum Gasteiger partial charge on any atom is 0.253 e. The molecule has 0 aliphatic carbocycles. The fraction of sp³-hybridized carbons (Fsp3) is 0.0690. The predicted molar refractivity (Wildman–Crippen MR) is 141 cm³/mol. The Kier molecular flexibility index (Phi) is 6.35. The van der Waals surface area contributed by atoms with Gasteiger partial charge in [0.25, 0.3) is 5.91 Å². The molecule has 3 N–H and O–H groups in total. The zero-order chi connectivity index (χ0) is 24.0. The first kappa shape index (κ1) is 22.1. The summed E-state index contributed by atoms with van der Waals surface area (Å²) in [4.78, 5) is 17.3. The molecule has 0 aliphatic heterocycles. The van der Waals surface area contributed by atoms with Crippen LogP contribution < -0.4 is 10.6 Å². The summed E-state index contributed by atoms with van der Waals surface area (Å²) in [5.41, 5.74) is 7.06. The lowest BCUT2D eigenvalue weighted by Gasteiger charge is -2.13. The SMILES string of the molecule is Cc1ccccc1CNC(=O)c1ccccc1Nc1ccc2c(/C=C/c3ccccn3)n[nH]c2c1. The van der Waals surface area contributed by atoms with Gasteiger partial charge in [-0.15, -0.1) is 0 Å². The van der Waals surface area contributed by atoms with Crippen LogP contribution in [0.4, 0.5) is 11.4 Å².